The lowest BCUT2D eigenvalue weighted by Crippen LogP contribution is -2.28. The van der Waals surface area contributed by atoms with Gasteiger partial charge in [0.25, 0.3) is 10.0 Å². The second-order valence-corrected chi connectivity index (χ2v) is 10.6. The molecule has 1 heterocycles. The Kier molecular flexibility index (Phi) is 6.35. The standard InChI is InChI=1S/C19H24N2O6S2/c1-14(2)12-20-28(22,23)13-15-4-3-5-16(10-15)21-29(24,25)17-6-7-18-19(11-17)27-9-8-26-18/h3-7,10-11,14,20-21H,8-9,12-13H2,1-2H3. The second-order valence-electron chi connectivity index (χ2n) is 7.11. The molecule has 29 heavy (non-hydrogen) atoms. The molecule has 0 aliphatic carbocycles. The van der Waals surface area contributed by atoms with Crippen LogP contribution >= 0.6 is 0 Å². The van der Waals surface area contributed by atoms with Gasteiger partial charge in [-0.2, -0.15) is 0 Å². The van der Waals surface area contributed by atoms with Crippen molar-refractivity contribution in [3.05, 3.63) is 48.0 Å². The fourth-order valence-corrected chi connectivity index (χ4v) is 5.07. The van der Waals surface area contributed by atoms with E-state index >= 15 is 0 Å². The molecular weight excluding hydrogens is 416 g/mol. The summed E-state index contributed by atoms with van der Waals surface area (Å²) in [5, 5.41) is 0. The van der Waals surface area contributed by atoms with Gasteiger partial charge < -0.3 is 9.47 Å². The number of hydrogen-bond donors (Lipinski definition) is 2. The third-order valence-electron chi connectivity index (χ3n) is 4.07. The molecule has 3 rings (SSSR count). The van der Waals surface area contributed by atoms with Crippen LogP contribution in [-0.4, -0.2) is 36.6 Å². The van der Waals surface area contributed by atoms with E-state index in [1.807, 2.05) is 13.8 Å². The van der Waals surface area contributed by atoms with Crippen LogP contribution in [0.25, 0.3) is 0 Å². The molecule has 0 saturated carbocycles. The van der Waals surface area contributed by atoms with E-state index in [0.717, 1.165) is 0 Å². The Balaban J connectivity index is 1.75. The molecule has 0 atom stereocenters. The summed E-state index contributed by atoms with van der Waals surface area (Å²) >= 11 is 0. The molecule has 0 fully saturated rings. The van der Waals surface area contributed by atoms with Gasteiger partial charge in [-0.3, -0.25) is 4.72 Å². The van der Waals surface area contributed by atoms with E-state index in [1.165, 1.54) is 18.2 Å². The number of anilines is 1. The van der Waals surface area contributed by atoms with Gasteiger partial charge in [0.1, 0.15) is 13.2 Å². The van der Waals surface area contributed by atoms with Crippen LogP contribution in [-0.2, 0) is 25.8 Å². The van der Waals surface area contributed by atoms with Crippen LogP contribution in [0, 0.1) is 5.92 Å². The Labute approximate surface area is 171 Å². The molecule has 0 aromatic heterocycles. The lowest BCUT2D eigenvalue weighted by molar-refractivity contribution is 0.171. The average Bonchev–Trinajstić information content (AvgIpc) is 2.66. The molecule has 2 N–H and O–H groups in total. The molecule has 158 valence electrons. The summed E-state index contributed by atoms with van der Waals surface area (Å²) in [4.78, 5) is 0.0263. The summed E-state index contributed by atoms with van der Waals surface area (Å²) in [6.45, 7) is 4.94. The zero-order valence-electron chi connectivity index (χ0n) is 16.2. The normalized spacial score (nSPS) is 14.0. The number of sulfonamides is 2. The predicted octanol–water partition coefficient (Wildman–Crippen LogP) is 2.33. The number of benzene rings is 2. The molecule has 0 spiro atoms. The molecule has 2 aromatic rings. The zero-order chi connectivity index (χ0) is 21.1. The molecule has 10 heteroatoms. The van der Waals surface area contributed by atoms with Gasteiger partial charge in [0.05, 0.1) is 10.6 Å². The minimum atomic E-state index is -3.88. The quantitative estimate of drug-likeness (QED) is 0.652. The van der Waals surface area contributed by atoms with Crippen LogP contribution in [0.3, 0.4) is 0 Å². The van der Waals surface area contributed by atoms with E-state index in [9.17, 15) is 16.8 Å². The Morgan fingerprint density at radius 1 is 0.966 bits per heavy atom. The van der Waals surface area contributed by atoms with Crippen LogP contribution in [0.1, 0.15) is 19.4 Å². The van der Waals surface area contributed by atoms with Crippen LogP contribution in [0.15, 0.2) is 47.4 Å². The van der Waals surface area contributed by atoms with Crippen LogP contribution in [0.2, 0.25) is 0 Å². The van der Waals surface area contributed by atoms with Gasteiger partial charge in [-0.05, 0) is 35.7 Å². The Hall–Kier alpha value is -2.30. The van der Waals surface area contributed by atoms with Crippen LogP contribution in [0.4, 0.5) is 5.69 Å². The number of nitrogens with one attached hydrogen (secondary N) is 2. The van der Waals surface area contributed by atoms with Crippen molar-refractivity contribution in [2.45, 2.75) is 24.5 Å². The highest BCUT2D eigenvalue weighted by atomic mass is 32.2. The first-order chi connectivity index (χ1) is 13.6. The van der Waals surface area contributed by atoms with E-state index < -0.39 is 20.0 Å². The summed E-state index contributed by atoms with van der Waals surface area (Å²) in [5.41, 5.74) is 0.750. The van der Waals surface area contributed by atoms with Gasteiger partial charge in [0, 0.05) is 18.3 Å². The number of rotatable bonds is 8. The number of ether oxygens (including phenoxy) is 2. The maximum absolute atomic E-state index is 12.7. The van der Waals surface area contributed by atoms with Crippen LogP contribution in [0.5, 0.6) is 11.5 Å². The third kappa shape index (κ3) is 5.84. The first-order valence-electron chi connectivity index (χ1n) is 9.13. The van der Waals surface area contributed by atoms with Crippen molar-refractivity contribution in [1.29, 1.82) is 0 Å². The summed E-state index contributed by atoms with van der Waals surface area (Å²) in [6.07, 6.45) is 0. The van der Waals surface area contributed by atoms with Crippen molar-refractivity contribution in [3.8, 4) is 11.5 Å². The highest BCUT2D eigenvalue weighted by Crippen LogP contribution is 2.32. The Morgan fingerprint density at radius 3 is 2.41 bits per heavy atom. The highest BCUT2D eigenvalue weighted by molar-refractivity contribution is 7.92. The van der Waals surface area contributed by atoms with Crippen molar-refractivity contribution in [1.82, 2.24) is 4.72 Å². The van der Waals surface area contributed by atoms with Gasteiger partial charge >= 0.3 is 0 Å². The minimum Gasteiger partial charge on any atom is -0.486 e. The lowest BCUT2D eigenvalue weighted by Gasteiger charge is -2.19. The highest BCUT2D eigenvalue weighted by Gasteiger charge is 2.20. The monoisotopic (exact) mass is 440 g/mol. The van der Waals surface area contributed by atoms with Crippen molar-refractivity contribution < 1.29 is 26.3 Å². The van der Waals surface area contributed by atoms with Crippen molar-refractivity contribution >= 4 is 25.7 Å². The van der Waals surface area contributed by atoms with Gasteiger partial charge in [0.2, 0.25) is 10.0 Å². The van der Waals surface area contributed by atoms with E-state index in [-0.39, 0.29) is 22.3 Å². The first kappa shape index (κ1) is 21.4. The predicted molar refractivity (Wildman–Crippen MR) is 110 cm³/mol. The molecule has 0 unspecified atom stereocenters. The summed E-state index contributed by atoms with van der Waals surface area (Å²) < 4.78 is 65.7. The molecule has 0 amide bonds. The van der Waals surface area contributed by atoms with Gasteiger partial charge in [0.15, 0.2) is 11.5 Å². The minimum absolute atomic E-state index is 0.0263. The Morgan fingerprint density at radius 2 is 1.69 bits per heavy atom. The summed E-state index contributed by atoms with van der Waals surface area (Å²) in [5.74, 6) is 0.819. The molecule has 0 bridgehead atoms. The zero-order valence-corrected chi connectivity index (χ0v) is 17.8. The SMILES string of the molecule is CC(C)CNS(=O)(=O)Cc1cccc(NS(=O)(=O)c2ccc3c(c2)OCCO3)c1. The largest absolute Gasteiger partial charge is 0.486 e. The van der Waals surface area contributed by atoms with Gasteiger partial charge in [-0.25, -0.2) is 21.6 Å². The van der Waals surface area contributed by atoms with Crippen LogP contribution < -0.4 is 18.9 Å². The smallest absolute Gasteiger partial charge is 0.262 e. The molecular formula is C19H24N2O6S2. The molecule has 2 aromatic carbocycles. The lowest BCUT2D eigenvalue weighted by atomic mass is 10.2. The molecule has 0 saturated heterocycles. The topological polar surface area (TPSA) is 111 Å². The molecule has 8 nitrogen and oxygen atoms in total. The number of hydrogen-bond acceptors (Lipinski definition) is 6. The maximum Gasteiger partial charge on any atom is 0.262 e. The molecule has 1 aliphatic rings. The first-order valence-corrected chi connectivity index (χ1v) is 12.3. The second kappa shape index (κ2) is 8.60. The third-order valence-corrected chi connectivity index (χ3v) is 6.77. The molecule has 1 aliphatic heterocycles. The Bertz CT molecular complexity index is 1080. The van der Waals surface area contributed by atoms with Crippen molar-refractivity contribution in [3.63, 3.8) is 0 Å². The molecule has 0 radical (unpaired) electrons. The summed E-state index contributed by atoms with van der Waals surface area (Å²) in [7, 11) is -7.39. The maximum atomic E-state index is 12.7. The van der Waals surface area contributed by atoms with E-state index in [4.69, 9.17) is 9.47 Å². The summed E-state index contributed by atoms with van der Waals surface area (Å²) in [6, 6.07) is 10.7. The van der Waals surface area contributed by atoms with E-state index in [2.05, 4.69) is 9.44 Å². The average molecular weight is 441 g/mol. The van der Waals surface area contributed by atoms with Gasteiger partial charge in [-0.1, -0.05) is 26.0 Å². The van der Waals surface area contributed by atoms with Crippen molar-refractivity contribution in [2.24, 2.45) is 5.92 Å². The fourth-order valence-electron chi connectivity index (χ4n) is 2.69. The van der Waals surface area contributed by atoms with E-state index in [0.29, 0.717) is 36.8 Å². The fraction of sp³-hybridized carbons (Fsp3) is 0.368. The number of fused-ring (bicyclic) bond motifs is 1. The van der Waals surface area contributed by atoms with Crippen molar-refractivity contribution in [2.75, 3.05) is 24.5 Å². The van der Waals surface area contributed by atoms with Gasteiger partial charge in [-0.15, -0.1) is 0 Å². The van der Waals surface area contributed by atoms with E-state index in [1.54, 1.807) is 24.3 Å².